The van der Waals surface area contributed by atoms with Crippen molar-refractivity contribution in [3.05, 3.63) is 18.0 Å². The zero-order valence-electron chi connectivity index (χ0n) is 10.4. The zero-order chi connectivity index (χ0) is 11.0. The van der Waals surface area contributed by atoms with E-state index in [0.29, 0.717) is 5.41 Å². The number of rotatable bonds is 2. The summed E-state index contributed by atoms with van der Waals surface area (Å²) in [4.78, 5) is 2.57. The molecule has 0 amide bonds. The van der Waals surface area contributed by atoms with Gasteiger partial charge in [0, 0.05) is 38.4 Å². The molecule has 0 saturated carbocycles. The molecule has 4 nitrogen and oxygen atoms in total. The lowest BCUT2D eigenvalue weighted by molar-refractivity contribution is 0.268. The number of likely N-dealkylation sites (tertiary alicyclic amines) is 1. The summed E-state index contributed by atoms with van der Waals surface area (Å²) in [5, 5.41) is 7.73. The monoisotopic (exact) mass is 256 g/mol. The molecule has 0 aliphatic carbocycles. The third-order valence-corrected chi connectivity index (χ3v) is 4.01. The number of nitrogens with zero attached hydrogens (tertiary/aromatic N) is 3. The van der Waals surface area contributed by atoms with E-state index in [1.165, 1.54) is 44.6 Å². The summed E-state index contributed by atoms with van der Waals surface area (Å²) >= 11 is 0. The second-order valence-corrected chi connectivity index (χ2v) is 5.41. The Balaban J connectivity index is 0.00000108. The Bertz CT molecular complexity index is 370. The fourth-order valence-corrected chi connectivity index (χ4v) is 3.12. The highest BCUT2D eigenvalue weighted by atomic mass is 35.5. The van der Waals surface area contributed by atoms with Crippen molar-refractivity contribution in [3.63, 3.8) is 0 Å². The van der Waals surface area contributed by atoms with Crippen LogP contribution in [0.3, 0.4) is 0 Å². The lowest BCUT2D eigenvalue weighted by atomic mass is 9.87. The van der Waals surface area contributed by atoms with Crippen LogP contribution < -0.4 is 5.32 Å². The van der Waals surface area contributed by atoms with Gasteiger partial charge in [-0.05, 0) is 31.3 Å². The molecule has 2 saturated heterocycles. The third-order valence-electron chi connectivity index (χ3n) is 4.01. The number of hydrogen-bond donors (Lipinski definition) is 1. The zero-order valence-corrected chi connectivity index (χ0v) is 11.2. The molecule has 1 aromatic rings. The van der Waals surface area contributed by atoms with Gasteiger partial charge in [0.2, 0.25) is 0 Å². The largest absolute Gasteiger partial charge is 0.316 e. The molecule has 1 spiro atoms. The van der Waals surface area contributed by atoms with Crippen LogP contribution in [-0.2, 0) is 13.6 Å². The molecule has 1 N–H and O–H groups in total. The summed E-state index contributed by atoms with van der Waals surface area (Å²) in [6, 6.07) is 0. The van der Waals surface area contributed by atoms with Crippen LogP contribution in [0.25, 0.3) is 0 Å². The van der Waals surface area contributed by atoms with E-state index in [1.54, 1.807) is 0 Å². The van der Waals surface area contributed by atoms with E-state index in [2.05, 4.69) is 21.5 Å². The molecule has 96 valence electrons. The van der Waals surface area contributed by atoms with Crippen LogP contribution in [0.2, 0.25) is 0 Å². The molecule has 2 aliphatic rings. The van der Waals surface area contributed by atoms with Gasteiger partial charge in [-0.2, -0.15) is 5.10 Å². The standard InChI is InChI=1S/C12H20N4.ClH/c1-15-7-11(6-14-15)8-16-5-3-12(10-16)2-4-13-9-12;/h6-7,13H,2-5,8-10H2,1H3;1H. The van der Waals surface area contributed by atoms with Crippen molar-refractivity contribution in [2.24, 2.45) is 12.5 Å². The van der Waals surface area contributed by atoms with E-state index in [1.807, 2.05) is 17.9 Å². The van der Waals surface area contributed by atoms with Crippen LogP contribution in [0.5, 0.6) is 0 Å². The van der Waals surface area contributed by atoms with Gasteiger partial charge in [0.1, 0.15) is 0 Å². The molecule has 1 aromatic heterocycles. The highest BCUT2D eigenvalue weighted by Gasteiger charge is 2.39. The molecule has 5 heteroatoms. The Morgan fingerprint density at radius 3 is 3.00 bits per heavy atom. The summed E-state index contributed by atoms with van der Waals surface area (Å²) in [5.74, 6) is 0. The quantitative estimate of drug-likeness (QED) is 0.858. The number of aromatic nitrogens is 2. The topological polar surface area (TPSA) is 33.1 Å². The van der Waals surface area contributed by atoms with Crippen molar-refractivity contribution in [1.82, 2.24) is 20.0 Å². The minimum absolute atomic E-state index is 0. The smallest absolute Gasteiger partial charge is 0.0534 e. The van der Waals surface area contributed by atoms with Gasteiger partial charge in [-0.25, -0.2) is 0 Å². The lowest BCUT2D eigenvalue weighted by Gasteiger charge is -2.22. The summed E-state index contributed by atoms with van der Waals surface area (Å²) in [6.07, 6.45) is 6.83. The van der Waals surface area contributed by atoms with E-state index in [0.717, 1.165) is 6.54 Å². The minimum Gasteiger partial charge on any atom is -0.316 e. The number of hydrogen-bond acceptors (Lipinski definition) is 3. The molecule has 1 atom stereocenters. The molecular formula is C12H21ClN4. The number of aryl methyl sites for hydroxylation is 1. The van der Waals surface area contributed by atoms with Gasteiger partial charge >= 0.3 is 0 Å². The summed E-state index contributed by atoms with van der Waals surface area (Å²) in [6.45, 7) is 6.00. The first-order chi connectivity index (χ1) is 7.76. The van der Waals surface area contributed by atoms with Crippen molar-refractivity contribution < 1.29 is 0 Å². The molecule has 3 heterocycles. The second-order valence-electron chi connectivity index (χ2n) is 5.41. The highest BCUT2D eigenvalue weighted by Crippen LogP contribution is 2.36. The van der Waals surface area contributed by atoms with E-state index >= 15 is 0 Å². The van der Waals surface area contributed by atoms with E-state index in [-0.39, 0.29) is 12.4 Å². The Kier molecular flexibility index (Phi) is 3.76. The van der Waals surface area contributed by atoms with Crippen LogP contribution in [0.1, 0.15) is 18.4 Å². The van der Waals surface area contributed by atoms with Gasteiger partial charge in [-0.1, -0.05) is 0 Å². The van der Waals surface area contributed by atoms with Gasteiger partial charge in [0.25, 0.3) is 0 Å². The maximum absolute atomic E-state index is 4.23. The molecule has 1 unspecified atom stereocenters. The van der Waals surface area contributed by atoms with Crippen LogP contribution in [0.15, 0.2) is 12.4 Å². The lowest BCUT2D eigenvalue weighted by Crippen LogP contribution is -2.28. The van der Waals surface area contributed by atoms with E-state index < -0.39 is 0 Å². The maximum atomic E-state index is 4.23. The fraction of sp³-hybridized carbons (Fsp3) is 0.750. The van der Waals surface area contributed by atoms with E-state index in [4.69, 9.17) is 0 Å². The Morgan fingerprint density at radius 1 is 1.47 bits per heavy atom. The Hall–Kier alpha value is -0.580. The van der Waals surface area contributed by atoms with Crippen molar-refractivity contribution in [2.75, 3.05) is 26.2 Å². The van der Waals surface area contributed by atoms with Crippen molar-refractivity contribution in [1.29, 1.82) is 0 Å². The predicted molar refractivity (Wildman–Crippen MR) is 70.3 cm³/mol. The second kappa shape index (κ2) is 4.96. The van der Waals surface area contributed by atoms with Crippen LogP contribution >= 0.6 is 12.4 Å². The fourth-order valence-electron chi connectivity index (χ4n) is 3.12. The molecule has 2 aliphatic heterocycles. The molecule has 17 heavy (non-hydrogen) atoms. The third kappa shape index (κ3) is 2.64. The van der Waals surface area contributed by atoms with Gasteiger partial charge in [-0.15, -0.1) is 12.4 Å². The van der Waals surface area contributed by atoms with Crippen molar-refractivity contribution in [2.45, 2.75) is 19.4 Å². The SMILES string of the molecule is Cl.Cn1cc(CN2CCC3(CCNC3)C2)cn1. The minimum atomic E-state index is 0. The molecular weight excluding hydrogens is 236 g/mol. The normalized spacial score (nSPS) is 28.8. The van der Waals surface area contributed by atoms with Crippen molar-refractivity contribution >= 4 is 12.4 Å². The molecule has 2 fully saturated rings. The average Bonchev–Trinajstić information content (AvgIpc) is 2.94. The molecule has 0 aromatic carbocycles. The molecule has 0 radical (unpaired) electrons. The van der Waals surface area contributed by atoms with Crippen LogP contribution in [0, 0.1) is 5.41 Å². The summed E-state index contributed by atoms with van der Waals surface area (Å²) in [5.41, 5.74) is 1.92. The van der Waals surface area contributed by atoms with E-state index in [9.17, 15) is 0 Å². The molecule has 3 rings (SSSR count). The predicted octanol–water partition coefficient (Wildman–Crippen LogP) is 1.03. The van der Waals surface area contributed by atoms with Gasteiger partial charge in [-0.3, -0.25) is 9.58 Å². The first-order valence-electron chi connectivity index (χ1n) is 6.16. The Morgan fingerprint density at radius 2 is 2.35 bits per heavy atom. The number of nitrogens with one attached hydrogen (secondary N) is 1. The van der Waals surface area contributed by atoms with Crippen molar-refractivity contribution in [3.8, 4) is 0 Å². The van der Waals surface area contributed by atoms with Gasteiger partial charge in [0.05, 0.1) is 6.20 Å². The van der Waals surface area contributed by atoms with Gasteiger partial charge < -0.3 is 5.32 Å². The maximum Gasteiger partial charge on any atom is 0.0534 e. The van der Waals surface area contributed by atoms with Crippen LogP contribution in [0.4, 0.5) is 0 Å². The first kappa shape index (κ1) is 12.9. The highest BCUT2D eigenvalue weighted by molar-refractivity contribution is 5.85. The van der Waals surface area contributed by atoms with Gasteiger partial charge in [0.15, 0.2) is 0 Å². The molecule has 0 bridgehead atoms. The number of halogens is 1. The average molecular weight is 257 g/mol. The van der Waals surface area contributed by atoms with Crippen LogP contribution in [-0.4, -0.2) is 40.9 Å². The summed E-state index contributed by atoms with van der Waals surface area (Å²) < 4.78 is 1.89. The summed E-state index contributed by atoms with van der Waals surface area (Å²) in [7, 11) is 1.98. The Labute approximate surface area is 109 Å². The first-order valence-corrected chi connectivity index (χ1v) is 6.16.